The zero-order chi connectivity index (χ0) is 16.9. The van der Waals surface area contributed by atoms with Crippen molar-refractivity contribution >= 4 is 21.6 Å². The highest BCUT2D eigenvalue weighted by molar-refractivity contribution is 7.92. The van der Waals surface area contributed by atoms with Crippen LogP contribution >= 0.6 is 0 Å². The second-order valence-electron chi connectivity index (χ2n) is 5.61. The number of anilines is 1. The first kappa shape index (κ1) is 17.5. The highest BCUT2D eigenvalue weighted by Gasteiger charge is 2.23. The Balaban J connectivity index is 2.05. The number of hydrogen-bond acceptors (Lipinski definition) is 3. The minimum absolute atomic E-state index is 0.123. The fourth-order valence-electron chi connectivity index (χ4n) is 2.50. The van der Waals surface area contributed by atoms with Crippen LogP contribution in [0.5, 0.6) is 0 Å². The average molecular weight is 340 g/mol. The summed E-state index contributed by atoms with van der Waals surface area (Å²) in [6.07, 6.45) is 7.28. The van der Waals surface area contributed by atoms with Gasteiger partial charge in [0, 0.05) is 6.54 Å². The third kappa shape index (κ3) is 5.06. The Morgan fingerprint density at radius 3 is 2.65 bits per heavy atom. The van der Waals surface area contributed by atoms with E-state index in [1.54, 1.807) is 0 Å². The predicted octanol–water partition coefficient (Wildman–Crippen LogP) is 2.21. The van der Waals surface area contributed by atoms with Crippen molar-refractivity contribution < 1.29 is 17.6 Å². The summed E-state index contributed by atoms with van der Waals surface area (Å²) in [7, 11) is -3.76. The lowest BCUT2D eigenvalue weighted by molar-refractivity contribution is -0.119. The van der Waals surface area contributed by atoms with Crippen molar-refractivity contribution in [3.63, 3.8) is 0 Å². The molecule has 0 aromatic heterocycles. The smallest absolute Gasteiger partial charge is 0.241 e. The summed E-state index contributed by atoms with van der Waals surface area (Å²) in [4.78, 5) is 12.1. The second-order valence-corrected chi connectivity index (χ2v) is 7.51. The minimum Gasteiger partial charge on any atom is -0.351 e. The lowest BCUT2D eigenvalue weighted by Crippen LogP contribution is -2.41. The van der Waals surface area contributed by atoms with Crippen molar-refractivity contribution in [2.45, 2.75) is 25.7 Å². The normalized spacial score (nSPS) is 15.0. The molecule has 0 saturated heterocycles. The van der Waals surface area contributed by atoms with Gasteiger partial charge in [-0.25, -0.2) is 12.8 Å². The van der Waals surface area contributed by atoms with Gasteiger partial charge in [0.25, 0.3) is 0 Å². The number of nitrogens with one attached hydrogen (secondary N) is 1. The number of benzene rings is 1. The van der Waals surface area contributed by atoms with E-state index in [0.717, 1.165) is 47.9 Å². The fraction of sp³-hybridized carbons (Fsp3) is 0.438. The van der Waals surface area contributed by atoms with Gasteiger partial charge in [0.05, 0.1) is 11.9 Å². The van der Waals surface area contributed by atoms with E-state index in [2.05, 4.69) is 11.4 Å². The zero-order valence-corrected chi connectivity index (χ0v) is 13.9. The van der Waals surface area contributed by atoms with Gasteiger partial charge in [0.2, 0.25) is 15.9 Å². The van der Waals surface area contributed by atoms with E-state index < -0.39 is 28.3 Å². The number of nitrogens with zero attached hydrogens (tertiary/aromatic N) is 1. The van der Waals surface area contributed by atoms with E-state index in [9.17, 15) is 17.6 Å². The van der Waals surface area contributed by atoms with Crippen LogP contribution < -0.4 is 9.62 Å². The molecule has 0 saturated carbocycles. The Morgan fingerprint density at radius 1 is 1.30 bits per heavy atom. The van der Waals surface area contributed by atoms with Crippen LogP contribution in [0.25, 0.3) is 0 Å². The van der Waals surface area contributed by atoms with Gasteiger partial charge in [-0.05, 0) is 37.8 Å². The molecule has 1 amide bonds. The molecule has 1 aliphatic carbocycles. The van der Waals surface area contributed by atoms with Crippen LogP contribution in [-0.4, -0.2) is 33.7 Å². The number of halogens is 1. The summed E-state index contributed by atoms with van der Waals surface area (Å²) >= 11 is 0. The number of allylic oxidation sites excluding steroid dienone is 1. The van der Waals surface area contributed by atoms with Crippen LogP contribution in [0.4, 0.5) is 10.1 Å². The molecule has 23 heavy (non-hydrogen) atoms. The average Bonchev–Trinajstić information content (AvgIpc) is 2.51. The monoisotopic (exact) mass is 340 g/mol. The SMILES string of the molecule is CS(=O)(=O)N(CC(=O)NCC1=CCCCC1)c1ccccc1F. The van der Waals surface area contributed by atoms with Gasteiger partial charge in [-0.15, -0.1) is 0 Å². The van der Waals surface area contributed by atoms with Crippen molar-refractivity contribution in [1.29, 1.82) is 0 Å². The molecule has 0 atom stereocenters. The maximum Gasteiger partial charge on any atom is 0.241 e. The second kappa shape index (κ2) is 7.59. The van der Waals surface area contributed by atoms with Gasteiger partial charge in [0.1, 0.15) is 12.4 Å². The quantitative estimate of drug-likeness (QED) is 0.808. The first-order chi connectivity index (χ1) is 10.9. The molecule has 0 bridgehead atoms. The lowest BCUT2D eigenvalue weighted by Gasteiger charge is -2.22. The third-order valence-corrected chi connectivity index (χ3v) is 4.83. The molecule has 1 aromatic rings. The molecular weight excluding hydrogens is 319 g/mol. The van der Waals surface area contributed by atoms with Gasteiger partial charge in [-0.1, -0.05) is 23.8 Å². The fourth-order valence-corrected chi connectivity index (χ4v) is 3.36. The molecular formula is C16H21FN2O3S. The summed E-state index contributed by atoms with van der Waals surface area (Å²) < 4.78 is 38.4. The molecule has 2 rings (SSSR count). The first-order valence-corrected chi connectivity index (χ1v) is 9.39. The van der Waals surface area contributed by atoms with Crippen molar-refractivity contribution in [2.75, 3.05) is 23.7 Å². The third-order valence-electron chi connectivity index (χ3n) is 3.71. The van der Waals surface area contributed by atoms with Crippen LogP contribution in [0.3, 0.4) is 0 Å². The Bertz CT molecular complexity index is 701. The summed E-state index contributed by atoms with van der Waals surface area (Å²) in [6, 6.07) is 5.50. The Labute approximate surface area is 136 Å². The van der Waals surface area contributed by atoms with Crippen molar-refractivity contribution in [1.82, 2.24) is 5.32 Å². The van der Waals surface area contributed by atoms with Crippen LogP contribution in [0.15, 0.2) is 35.9 Å². The van der Waals surface area contributed by atoms with Gasteiger partial charge in [0.15, 0.2) is 0 Å². The molecule has 0 aliphatic heterocycles. The van der Waals surface area contributed by atoms with E-state index in [1.807, 2.05) is 0 Å². The Hall–Kier alpha value is -1.89. The minimum atomic E-state index is -3.76. The lowest BCUT2D eigenvalue weighted by atomic mass is 10.00. The van der Waals surface area contributed by atoms with Crippen LogP contribution in [-0.2, 0) is 14.8 Å². The number of para-hydroxylation sites is 1. The van der Waals surface area contributed by atoms with Crippen molar-refractivity contribution in [2.24, 2.45) is 0 Å². The molecule has 1 N–H and O–H groups in total. The molecule has 1 aliphatic rings. The number of amides is 1. The Morgan fingerprint density at radius 2 is 2.04 bits per heavy atom. The van der Waals surface area contributed by atoms with E-state index >= 15 is 0 Å². The number of carbonyl (C=O) groups excluding carboxylic acids is 1. The summed E-state index contributed by atoms with van der Waals surface area (Å²) in [5.41, 5.74) is 1.03. The van der Waals surface area contributed by atoms with Crippen LogP contribution in [0.1, 0.15) is 25.7 Å². The maximum absolute atomic E-state index is 13.9. The molecule has 0 unspecified atom stereocenters. The maximum atomic E-state index is 13.9. The molecule has 0 radical (unpaired) electrons. The molecule has 0 spiro atoms. The highest BCUT2D eigenvalue weighted by Crippen LogP contribution is 2.21. The van der Waals surface area contributed by atoms with E-state index in [0.29, 0.717) is 6.54 Å². The summed E-state index contributed by atoms with van der Waals surface area (Å²) in [5, 5.41) is 2.71. The number of hydrogen-bond donors (Lipinski definition) is 1. The molecule has 5 nitrogen and oxygen atoms in total. The van der Waals surface area contributed by atoms with Gasteiger partial charge < -0.3 is 5.32 Å². The molecule has 0 fully saturated rings. The van der Waals surface area contributed by atoms with E-state index in [1.165, 1.54) is 18.2 Å². The van der Waals surface area contributed by atoms with E-state index in [-0.39, 0.29) is 5.69 Å². The largest absolute Gasteiger partial charge is 0.351 e. The number of sulfonamides is 1. The van der Waals surface area contributed by atoms with Crippen molar-refractivity contribution in [3.05, 3.63) is 41.7 Å². The van der Waals surface area contributed by atoms with Gasteiger partial charge in [-0.3, -0.25) is 9.10 Å². The van der Waals surface area contributed by atoms with Crippen LogP contribution in [0, 0.1) is 5.82 Å². The summed E-state index contributed by atoms with van der Waals surface area (Å²) in [6.45, 7) is -0.0270. The molecule has 7 heteroatoms. The highest BCUT2D eigenvalue weighted by atomic mass is 32.2. The topological polar surface area (TPSA) is 66.5 Å². The number of carbonyl (C=O) groups is 1. The summed E-state index contributed by atoms with van der Waals surface area (Å²) in [5.74, 6) is -1.13. The van der Waals surface area contributed by atoms with E-state index in [4.69, 9.17) is 0 Å². The van der Waals surface area contributed by atoms with Gasteiger partial charge >= 0.3 is 0 Å². The van der Waals surface area contributed by atoms with Crippen molar-refractivity contribution in [3.8, 4) is 0 Å². The van der Waals surface area contributed by atoms with Crippen LogP contribution in [0.2, 0.25) is 0 Å². The molecule has 1 aromatic carbocycles. The zero-order valence-electron chi connectivity index (χ0n) is 13.1. The standard InChI is InChI=1S/C16H21FN2O3S/c1-23(21,22)19(15-10-6-5-9-14(15)17)12-16(20)18-11-13-7-3-2-4-8-13/h5-7,9-10H,2-4,8,11-12H2,1H3,(H,18,20). The van der Waals surface area contributed by atoms with Gasteiger partial charge in [-0.2, -0.15) is 0 Å². The predicted molar refractivity (Wildman–Crippen MR) is 88.2 cm³/mol. The molecule has 126 valence electrons. The first-order valence-electron chi connectivity index (χ1n) is 7.55. The number of rotatable bonds is 6. The molecule has 0 heterocycles. The Kier molecular flexibility index (Phi) is 5.76.